The largest absolute Gasteiger partial charge is 0.487 e. The van der Waals surface area contributed by atoms with Crippen molar-refractivity contribution < 1.29 is 4.74 Å². The van der Waals surface area contributed by atoms with Crippen LogP contribution >= 0.6 is 11.3 Å². The molecule has 0 saturated carbocycles. The van der Waals surface area contributed by atoms with Crippen LogP contribution in [0.2, 0.25) is 0 Å². The van der Waals surface area contributed by atoms with E-state index in [1.165, 1.54) is 21.9 Å². The van der Waals surface area contributed by atoms with Crippen LogP contribution in [0, 0.1) is 0 Å². The highest BCUT2D eigenvalue weighted by atomic mass is 32.1. The van der Waals surface area contributed by atoms with Crippen LogP contribution in [0.15, 0.2) is 78.1 Å². The highest BCUT2D eigenvalue weighted by Crippen LogP contribution is 2.24. The maximum absolute atomic E-state index is 12.4. The van der Waals surface area contributed by atoms with Crippen molar-refractivity contribution in [3.8, 4) is 16.3 Å². The number of allylic oxidation sites excluding steroid dienone is 1. The first kappa shape index (κ1) is 17.2. The smallest absolute Gasteiger partial charge is 0.275 e. The fourth-order valence-electron chi connectivity index (χ4n) is 2.75. The summed E-state index contributed by atoms with van der Waals surface area (Å²) in [6.45, 7) is 3.99. The zero-order valence-corrected chi connectivity index (χ0v) is 15.4. The summed E-state index contributed by atoms with van der Waals surface area (Å²) in [6, 6.07) is 19.0. The summed E-state index contributed by atoms with van der Waals surface area (Å²) in [7, 11) is 0. The quantitative estimate of drug-likeness (QED) is 0.476. The number of ether oxygens (including phenoxy) is 1. The topological polar surface area (TPSA) is 56.5 Å². The van der Waals surface area contributed by atoms with Crippen LogP contribution in [0.4, 0.5) is 0 Å². The van der Waals surface area contributed by atoms with Crippen molar-refractivity contribution >= 4 is 16.3 Å². The van der Waals surface area contributed by atoms with Gasteiger partial charge in [0.25, 0.3) is 5.56 Å². The lowest BCUT2D eigenvalue weighted by molar-refractivity contribution is 0.298. The molecule has 27 heavy (non-hydrogen) atoms. The van der Waals surface area contributed by atoms with E-state index in [2.05, 4.69) is 16.7 Å². The average Bonchev–Trinajstić information content (AvgIpc) is 3.13. The summed E-state index contributed by atoms with van der Waals surface area (Å²) in [5.74, 6) is 0.772. The van der Waals surface area contributed by atoms with Gasteiger partial charge in [0, 0.05) is 11.6 Å². The number of benzene rings is 2. The van der Waals surface area contributed by atoms with Gasteiger partial charge in [-0.2, -0.15) is 9.61 Å². The SMILES string of the molecule is C=CCc1ccccc1OCc1cc(=O)n2nc(-c3ccccc3)sc2n1. The van der Waals surface area contributed by atoms with Gasteiger partial charge in [0.1, 0.15) is 17.4 Å². The molecule has 0 N–H and O–H groups in total. The number of fused-ring (bicyclic) bond motifs is 1. The first-order valence-corrected chi connectivity index (χ1v) is 9.33. The molecule has 4 aromatic rings. The van der Waals surface area contributed by atoms with Crippen LogP contribution in [0.5, 0.6) is 5.75 Å². The molecule has 0 spiro atoms. The number of para-hydroxylation sites is 1. The second kappa shape index (κ2) is 7.55. The Morgan fingerprint density at radius 1 is 1.11 bits per heavy atom. The van der Waals surface area contributed by atoms with E-state index in [-0.39, 0.29) is 12.2 Å². The molecule has 0 unspecified atom stereocenters. The van der Waals surface area contributed by atoms with Gasteiger partial charge in [-0.15, -0.1) is 6.58 Å². The van der Waals surface area contributed by atoms with E-state index in [1.807, 2.05) is 60.7 Å². The Balaban J connectivity index is 1.62. The summed E-state index contributed by atoms with van der Waals surface area (Å²) in [5.41, 5.74) is 2.38. The fourth-order valence-corrected chi connectivity index (χ4v) is 3.68. The van der Waals surface area contributed by atoms with Gasteiger partial charge < -0.3 is 4.74 Å². The van der Waals surface area contributed by atoms with Gasteiger partial charge in [-0.25, -0.2) is 4.98 Å². The van der Waals surface area contributed by atoms with Crippen molar-refractivity contribution in [2.75, 3.05) is 0 Å². The summed E-state index contributed by atoms with van der Waals surface area (Å²) < 4.78 is 7.23. The Bertz CT molecular complexity index is 1150. The molecule has 134 valence electrons. The number of hydrogen-bond acceptors (Lipinski definition) is 5. The Morgan fingerprint density at radius 3 is 2.70 bits per heavy atom. The molecule has 4 rings (SSSR count). The molecule has 0 amide bonds. The van der Waals surface area contributed by atoms with Crippen LogP contribution in [-0.2, 0) is 13.0 Å². The lowest BCUT2D eigenvalue weighted by Crippen LogP contribution is -2.16. The number of nitrogens with zero attached hydrogens (tertiary/aromatic N) is 3. The van der Waals surface area contributed by atoms with E-state index in [9.17, 15) is 4.79 Å². The van der Waals surface area contributed by atoms with Gasteiger partial charge in [0.2, 0.25) is 4.96 Å². The monoisotopic (exact) mass is 375 g/mol. The van der Waals surface area contributed by atoms with Gasteiger partial charge in [-0.3, -0.25) is 4.79 Å². The average molecular weight is 375 g/mol. The van der Waals surface area contributed by atoms with Gasteiger partial charge in [0.05, 0.1) is 5.69 Å². The highest BCUT2D eigenvalue weighted by Gasteiger charge is 2.11. The van der Waals surface area contributed by atoms with Gasteiger partial charge in [0.15, 0.2) is 0 Å². The van der Waals surface area contributed by atoms with E-state index in [1.54, 1.807) is 0 Å². The molecule has 2 heterocycles. The third-order valence-electron chi connectivity index (χ3n) is 4.03. The highest BCUT2D eigenvalue weighted by molar-refractivity contribution is 7.19. The predicted molar refractivity (Wildman–Crippen MR) is 107 cm³/mol. The van der Waals surface area contributed by atoms with Crippen LogP contribution < -0.4 is 10.3 Å². The Hall–Kier alpha value is -3.25. The molecule has 0 radical (unpaired) electrons. The molecular formula is C21H17N3O2S. The van der Waals surface area contributed by atoms with Crippen LogP contribution in [0.3, 0.4) is 0 Å². The van der Waals surface area contributed by atoms with Crippen LogP contribution in [0.25, 0.3) is 15.5 Å². The molecule has 5 nitrogen and oxygen atoms in total. The third-order valence-corrected chi connectivity index (χ3v) is 4.99. The zero-order valence-electron chi connectivity index (χ0n) is 14.5. The molecule has 0 aliphatic carbocycles. The van der Waals surface area contributed by atoms with Crippen molar-refractivity contribution in [2.24, 2.45) is 0 Å². The van der Waals surface area contributed by atoms with Gasteiger partial charge in [-0.1, -0.05) is 65.9 Å². The third kappa shape index (κ3) is 3.66. The summed E-state index contributed by atoms with van der Waals surface area (Å²) in [5, 5.41) is 5.15. The molecule has 0 saturated heterocycles. The predicted octanol–water partition coefficient (Wildman–Crippen LogP) is 4.13. The molecule has 0 bridgehead atoms. The first-order valence-electron chi connectivity index (χ1n) is 8.51. The summed E-state index contributed by atoms with van der Waals surface area (Å²) >= 11 is 1.38. The van der Waals surface area contributed by atoms with Crippen molar-refractivity contribution in [1.29, 1.82) is 0 Å². The normalized spacial score (nSPS) is 10.8. The number of rotatable bonds is 6. The molecule has 0 aliphatic rings. The van der Waals surface area contributed by atoms with E-state index < -0.39 is 0 Å². The molecule has 2 aromatic carbocycles. The minimum atomic E-state index is -0.212. The summed E-state index contributed by atoms with van der Waals surface area (Å²) in [6.07, 6.45) is 2.56. The minimum Gasteiger partial charge on any atom is -0.487 e. The number of aromatic nitrogens is 3. The maximum Gasteiger partial charge on any atom is 0.275 e. The Labute approximate surface area is 160 Å². The minimum absolute atomic E-state index is 0.212. The van der Waals surface area contributed by atoms with Crippen molar-refractivity contribution in [1.82, 2.24) is 14.6 Å². The van der Waals surface area contributed by atoms with E-state index in [0.29, 0.717) is 10.7 Å². The Kier molecular flexibility index (Phi) is 4.80. The molecule has 6 heteroatoms. The second-order valence-electron chi connectivity index (χ2n) is 5.94. The molecule has 0 atom stereocenters. The molecular weight excluding hydrogens is 358 g/mol. The Morgan fingerprint density at radius 2 is 1.89 bits per heavy atom. The van der Waals surface area contributed by atoms with E-state index in [4.69, 9.17) is 4.74 Å². The maximum atomic E-state index is 12.4. The van der Waals surface area contributed by atoms with E-state index >= 15 is 0 Å². The van der Waals surface area contributed by atoms with Gasteiger partial charge in [-0.05, 0) is 18.1 Å². The van der Waals surface area contributed by atoms with Crippen LogP contribution in [-0.4, -0.2) is 14.6 Å². The lowest BCUT2D eigenvalue weighted by Gasteiger charge is -2.09. The first-order chi connectivity index (χ1) is 13.2. The van der Waals surface area contributed by atoms with Crippen molar-refractivity contribution in [3.05, 3.63) is 94.9 Å². The van der Waals surface area contributed by atoms with E-state index in [0.717, 1.165) is 28.3 Å². The van der Waals surface area contributed by atoms with Crippen molar-refractivity contribution in [2.45, 2.75) is 13.0 Å². The lowest BCUT2D eigenvalue weighted by atomic mass is 10.1. The summed E-state index contributed by atoms with van der Waals surface area (Å²) in [4.78, 5) is 17.5. The molecule has 0 fully saturated rings. The number of hydrogen-bond donors (Lipinski definition) is 0. The van der Waals surface area contributed by atoms with Crippen LogP contribution in [0.1, 0.15) is 11.3 Å². The second-order valence-corrected chi connectivity index (χ2v) is 6.90. The molecule has 2 aromatic heterocycles. The van der Waals surface area contributed by atoms with Gasteiger partial charge >= 0.3 is 0 Å². The standard InChI is InChI=1S/C21H17N3O2S/c1-2-8-15-9-6-7-12-18(15)26-14-17-13-19(25)24-21(22-17)27-20(23-24)16-10-4-3-5-11-16/h2-7,9-13H,1,8,14H2. The fraction of sp³-hybridized carbons (Fsp3) is 0.0952. The van der Waals surface area contributed by atoms with Crippen molar-refractivity contribution in [3.63, 3.8) is 0 Å². The zero-order chi connectivity index (χ0) is 18.6. The molecule has 0 aliphatic heterocycles.